The predicted molar refractivity (Wildman–Crippen MR) is 95.7 cm³/mol. The topological polar surface area (TPSA) is 115 Å². The van der Waals surface area contributed by atoms with E-state index < -0.39 is 0 Å². The SMILES string of the molecule is CC(=O)NCCn1cc2c(n1)c(N)nc1cc(-c3ccn[nH]3)ccc12. The Balaban J connectivity index is 1.77. The van der Waals surface area contributed by atoms with Crippen LogP contribution in [0.2, 0.25) is 0 Å². The van der Waals surface area contributed by atoms with Gasteiger partial charge in [-0.2, -0.15) is 10.2 Å². The van der Waals surface area contributed by atoms with Crippen LogP contribution in [-0.2, 0) is 11.3 Å². The summed E-state index contributed by atoms with van der Waals surface area (Å²) in [6, 6.07) is 7.91. The Morgan fingerprint density at radius 3 is 2.96 bits per heavy atom. The molecule has 126 valence electrons. The van der Waals surface area contributed by atoms with E-state index in [2.05, 4.69) is 25.6 Å². The number of fused-ring (bicyclic) bond motifs is 3. The monoisotopic (exact) mass is 335 g/mol. The Bertz CT molecular complexity index is 1070. The number of hydrogen-bond donors (Lipinski definition) is 3. The van der Waals surface area contributed by atoms with Crippen LogP contribution in [0.15, 0.2) is 36.7 Å². The molecule has 0 fully saturated rings. The Kier molecular flexibility index (Phi) is 3.57. The molecule has 1 amide bonds. The first kappa shape index (κ1) is 15.1. The number of amides is 1. The molecule has 0 atom stereocenters. The van der Waals surface area contributed by atoms with Crippen molar-refractivity contribution in [3.8, 4) is 11.3 Å². The maximum absolute atomic E-state index is 11.0. The summed E-state index contributed by atoms with van der Waals surface area (Å²) in [5, 5.41) is 16.1. The van der Waals surface area contributed by atoms with Gasteiger partial charge in [-0.1, -0.05) is 12.1 Å². The summed E-state index contributed by atoms with van der Waals surface area (Å²) >= 11 is 0. The number of hydrogen-bond acceptors (Lipinski definition) is 5. The second-order valence-electron chi connectivity index (χ2n) is 5.84. The predicted octanol–water partition coefficient (Wildman–Crippen LogP) is 1.69. The number of nitrogens with one attached hydrogen (secondary N) is 2. The molecular weight excluding hydrogens is 318 g/mol. The number of nitrogens with two attached hydrogens (primary N) is 1. The van der Waals surface area contributed by atoms with Gasteiger partial charge in [0.15, 0.2) is 5.82 Å². The lowest BCUT2D eigenvalue weighted by Crippen LogP contribution is -2.24. The molecule has 8 heteroatoms. The molecule has 0 unspecified atom stereocenters. The van der Waals surface area contributed by atoms with Crippen LogP contribution in [0.25, 0.3) is 33.1 Å². The van der Waals surface area contributed by atoms with E-state index in [1.807, 2.05) is 30.5 Å². The lowest BCUT2D eigenvalue weighted by atomic mass is 10.1. The summed E-state index contributed by atoms with van der Waals surface area (Å²) in [5.74, 6) is 0.331. The summed E-state index contributed by atoms with van der Waals surface area (Å²) in [7, 11) is 0. The molecule has 0 aliphatic carbocycles. The van der Waals surface area contributed by atoms with Crippen LogP contribution in [0.5, 0.6) is 0 Å². The van der Waals surface area contributed by atoms with Crippen LogP contribution in [0.1, 0.15) is 6.92 Å². The molecular formula is C17H17N7O. The number of pyridine rings is 1. The number of aromatic amines is 1. The lowest BCUT2D eigenvalue weighted by Gasteiger charge is -2.03. The standard InChI is InChI=1S/C17H17N7O/c1-10(25)19-6-7-24-9-13-12-3-2-11(14-4-5-20-22-14)8-15(12)21-17(18)16(13)23-24/h2-5,8-9H,6-7H2,1H3,(H2,18,21)(H,19,25)(H,20,22). The van der Waals surface area contributed by atoms with Gasteiger partial charge in [0.2, 0.25) is 5.91 Å². The maximum atomic E-state index is 11.0. The van der Waals surface area contributed by atoms with E-state index in [9.17, 15) is 4.79 Å². The van der Waals surface area contributed by atoms with Crippen molar-refractivity contribution in [3.63, 3.8) is 0 Å². The fourth-order valence-corrected chi connectivity index (χ4v) is 2.89. The fourth-order valence-electron chi connectivity index (χ4n) is 2.89. The Morgan fingerprint density at radius 2 is 2.20 bits per heavy atom. The average Bonchev–Trinajstić information content (AvgIpc) is 3.24. The van der Waals surface area contributed by atoms with Crippen LogP contribution < -0.4 is 11.1 Å². The van der Waals surface area contributed by atoms with Crippen molar-refractivity contribution in [2.45, 2.75) is 13.5 Å². The molecule has 0 saturated carbocycles. The second-order valence-corrected chi connectivity index (χ2v) is 5.84. The summed E-state index contributed by atoms with van der Waals surface area (Å²) in [5.41, 5.74) is 9.50. The molecule has 25 heavy (non-hydrogen) atoms. The van der Waals surface area contributed by atoms with Crippen molar-refractivity contribution < 1.29 is 4.79 Å². The molecule has 0 saturated heterocycles. The molecule has 4 N–H and O–H groups in total. The minimum absolute atomic E-state index is 0.0605. The van der Waals surface area contributed by atoms with E-state index in [0.29, 0.717) is 24.4 Å². The van der Waals surface area contributed by atoms with Crippen LogP contribution in [0.4, 0.5) is 5.82 Å². The van der Waals surface area contributed by atoms with Crippen molar-refractivity contribution in [2.75, 3.05) is 12.3 Å². The third-order valence-electron chi connectivity index (χ3n) is 4.06. The number of carbonyl (C=O) groups is 1. The fraction of sp³-hybridized carbons (Fsp3) is 0.176. The first-order valence-corrected chi connectivity index (χ1v) is 7.92. The molecule has 0 radical (unpaired) electrons. The van der Waals surface area contributed by atoms with Gasteiger partial charge < -0.3 is 11.1 Å². The van der Waals surface area contributed by atoms with E-state index >= 15 is 0 Å². The van der Waals surface area contributed by atoms with Crippen LogP contribution in [0, 0.1) is 0 Å². The van der Waals surface area contributed by atoms with Crippen molar-refractivity contribution >= 4 is 33.5 Å². The normalized spacial score (nSPS) is 11.2. The highest BCUT2D eigenvalue weighted by atomic mass is 16.1. The van der Waals surface area contributed by atoms with E-state index in [4.69, 9.17) is 5.73 Å². The largest absolute Gasteiger partial charge is 0.382 e. The minimum atomic E-state index is -0.0605. The molecule has 3 aromatic heterocycles. The van der Waals surface area contributed by atoms with Gasteiger partial charge in [-0.15, -0.1) is 0 Å². The Labute approximate surface area is 143 Å². The molecule has 1 aromatic carbocycles. The number of anilines is 1. The number of aromatic nitrogens is 5. The molecule has 0 aliphatic rings. The zero-order valence-corrected chi connectivity index (χ0v) is 13.7. The summed E-state index contributed by atoms with van der Waals surface area (Å²) < 4.78 is 1.78. The summed E-state index contributed by atoms with van der Waals surface area (Å²) in [6.07, 6.45) is 3.65. The maximum Gasteiger partial charge on any atom is 0.216 e. The molecule has 4 aromatic rings. The summed E-state index contributed by atoms with van der Waals surface area (Å²) in [6.45, 7) is 2.58. The van der Waals surface area contributed by atoms with Gasteiger partial charge in [0.1, 0.15) is 5.52 Å². The second kappa shape index (κ2) is 5.90. The van der Waals surface area contributed by atoms with Crippen LogP contribution >= 0.6 is 0 Å². The zero-order chi connectivity index (χ0) is 17.4. The number of benzene rings is 1. The number of rotatable bonds is 4. The highest BCUT2D eigenvalue weighted by molar-refractivity contribution is 6.08. The highest BCUT2D eigenvalue weighted by Gasteiger charge is 2.12. The zero-order valence-electron chi connectivity index (χ0n) is 13.7. The summed E-state index contributed by atoms with van der Waals surface area (Å²) in [4.78, 5) is 15.5. The third kappa shape index (κ3) is 2.78. The van der Waals surface area contributed by atoms with Crippen LogP contribution in [-0.4, -0.2) is 37.4 Å². The van der Waals surface area contributed by atoms with Gasteiger partial charge in [-0.05, 0) is 12.1 Å². The highest BCUT2D eigenvalue weighted by Crippen LogP contribution is 2.29. The first-order valence-electron chi connectivity index (χ1n) is 7.92. The minimum Gasteiger partial charge on any atom is -0.382 e. The number of H-pyrrole nitrogens is 1. The van der Waals surface area contributed by atoms with Gasteiger partial charge in [-0.25, -0.2) is 4.98 Å². The van der Waals surface area contributed by atoms with Gasteiger partial charge in [-0.3, -0.25) is 14.6 Å². The Morgan fingerprint density at radius 1 is 1.32 bits per heavy atom. The molecule has 0 bridgehead atoms. The van der Waals surface area contributed by atoms with Gasteiger partial charge in [0, 0.05) is 42.2 Å². The van der Waals surface area contributed by atoms with Gasteiger partial charge in [0.05, 0.1) is 17.8 Å². The van der Waals surface area contributed by atoms with E-state index in [-0.39, 0.29) is 5.91 Å². The van der Waals surface area contributed by atoms with Crippen molar-refractivity contribution in [1.29, 1.82) is 0 Å². The van der Waals surface area contributed by atoms with Crippen molar-refractivity contribution in [3.05, 3.63) is 36.7 Å². The molecule has 0 spiro atoms. The van der Waals surface area contributed by atoms with Gasteiger partial charge >= 0.3 is 0 Å². The van der Waals surface area contributed by atoms with Crippen molar-refractivity contribution in [2.24, 2.45) is 0 Å². The van der Waals surface area contributed by atoms with Gasteiger partial charge in [0.25, 0.3) is 0 Å². The molecule has 0 aliphatic heterocycles. The number of carbonyl (C=O) groups excluding carboxylic acids is 1. The average molecular weight is 335 g/mol. The van der Waals surface area contributed by atoms with Crippen molar-refractivity contribution in [1.82, 2.24) is 30.3 Å². The third-order valence-corrected chi connectivity index (χ3v) is 4.06. The smallest absolute Gasteiger partial charge is 0.216 e. The number of nitrogen functional groups attached to an aromatic ring is 1. The molecule has 3 heterocycles. The van der Waals surface area contributed by atoms with E-state index in [0.717, 1.165) is 27.5 Å². The molecule has 8 nitrogen and oxygen atoms in total. The first-order chi connectivity index (χ1) is 12.1. The number of nitrogens with zero attached hydrogens (tertiary/aromatic N) is 4. The Hall–Kier alpha value is -3.42. The van der Waals surface area contributed by atoms with E-state index in [1.165, 1.54) is 6.92 Å². The van der Waals surface area contributed by atoms with Crippen LogP contribution in [0.3, 0.4) is 0 Å². The lowest BCUT2D eigenvalue weighted by molar-refractivity contribution is -0.118. The molecule has 4 rings (SSSR count). The quantitative estimate of drug-likeness (QED) is 0.525. The van der Waals surface area contributed by atoms with E-state index in [1.54, 1.807) is 10.9 Å².